The Hall–Kier alpha value is -3.10. The van der Waals surface area contributed by atoms with Crippen molar-refractivity contribution in [3.05, 3.63) is 88.7 Å². The van der Waals surface area contributed by atoms with Crippen molar-refractivity contribution in [2.24, 2.45) is 0 Å². The van der Waals surface area contributed by atoms with E-state index in [0.717, 1.165) is 11.3 Å². The minimum atomic E-state index is -4.81. The summed E-state index contributed by atoms with van der Waals surface area (Å²) in [5.74, 6) is 0.0458. The summed E-state index contributed by atoms with van der Waals surface area (Å²) in [7, 11) is 0. The summed E-state index contributed by atoms with van der Waals surface area (Å²) in [5, 5.41) is 4.00. The molecular formula is C28H27ClF3N3O2. The van der Waals surface area contributed by atoms with E-state index in [4.69, 9.17) is 11.6 Å². The van der Waals surface area contributed by atoms with Gasteiger partial charge in [-0.3, -0.25) is 15.1 Å². The van der Waals surface area contributed by atoms with Crippen molar-refractivity contribution in [3.63, 3.8) is 0 Å². The van der Waals surface area contributed by atoms with Gasteiger partial charge in [-0.25, -0.2) is 0 Å². The quantitative estimate of drug-likeness (QED) is 0.362. The van der Waals surface area contributed by atoms with E-state index in [-0.39, 0.29) is 11.7 Å². The molecule has 5 nitrogen and oxygen atoms in total. The molecular weight excluding hydrogens is 503 g/mol. The average molecular weight is 530 g/mol. The van der Waals surface area contributed by atoms with Crippen LogP contribution >= 0.6 is 11.6 Å². The Morgan fingerprint density at radius 3 is 2.41 bits per heavy atom. The van der Waals surface area contributed by atoms with Crippen molar-refractivity contribution in [2.45, 2.75) is 63.0 Å². The van der Waals surface area contributed by atoms with Crippen LogP contribution in [0.15, 0.2) is 66.9 Å². The van der Waals surface area contributed by atoms with Gasteiger partial charge in [0, 0.05) is 34.1 Å². The fraction of sp³-hybridized carbons (Fsp3) is 0.357. The van der Waals surface area contributed by atoms with E-state index in [1.807, 2.05) is 32.2 Å². The zero-order valence-electron chi connectivity index (χ0n) is 20.4. The van der Waals surface area contributed by atoms with Crippen LogP contribution < -0.4 is 15.0 Å². The van der Waals surface area contributed by atoms with Gasteiger partial charge < -0.3 is 9.64 Å². The number of halogens is 4. The molecule has 2 fully saturated rings. The molecule has 1 aliphatic carbocycles. The summed E-state index contributed by atoms with van der Waals surface area (Å²) in [6, 6.07) is 15.6. The number of aromatic nitrogens is 1. The lowest BCUT2D eigenvalue weighted by molar-refractivity contribution is -0.274. The second-order valence-electron chi connectivity index (χ2n) is 10.1. The van der Waals surface area contributed by atoms with Gasteiger partial charge in [-0.15, -0.1) is 13.2 Å². The molecule has 2 aliphatic rings. The molecule has 0 bridgehead atoms. The lowest BCUT2D eigenvalue weighted by atomic mass is 9.93. The highest BCUT2D eigenvalue weighted by Crippen LogP contribution is 2.41. The second-order valence-corrected chi connectivity index (χ2v) is 10.6. The first-order valence-electron chi connectivity index (χ1n) is 12.2. The maximum atomic E-state index is 13.8. The highest BCUT2D eigenvalue weighted by Gasteiger charge is 2.43. The van der Waals surface area contributed by atoms with Gasteiger partial charge in [0.15, 0.2) is 0 Å². The van der Waals surface area contributed by atoms with E-state index >= 15 is 0 Å². The summed E-state index contributed by atoms with van der Waals surface area (Å²) < 4.78 is 42.7. The second kappa shape index (κ2) is 9.65. The predicted octanol–water partition coefficient (Wildman–Crippen LogP) is 6.88. The normalized spacial score (nSPS) is 20.4. The number of anilines is 1. The minimum Gasteiger partial charge on any atom is -0.406 e. The largest absolute Gasteiger partial charge is 0.573 e. The molecule has 0 spiro atoms. The van der Waals surface area contributed by atoms with Crippen LogP contribution in [0, 0.1) is 0 Å². The number of carbonyl (C=O) groups is 1. The Morgan fingerprint density at radius 2 is 1.78 bits per heavy atom. The smallest absolute Gasteiger partial charge is 0.406 e. The van der Waals surface area contributed by atoms with E-state index in [9.17, 15) is 18.0 Å². The number of benzene rings is 2. The number of amides is 1. The molecule has 1 amide bonds. The van der Waals surface area contributed by atoms with Crippen LogP contribution in [0.25, 0.3) is 0 Å². The summed E-state index contributed by atoms with van der Waals surface area (Å²) in [4.78, 5) is 20.0. The Balaban J connectivity index is 1.44. The Bertz CT molecular complexity index is 1280. The highest BCUT2D eigenvalue weighted by atomic mass is 35.5. The van der Waals surface area contributed by atoms with Crippen molar-refractivity contribution >= 4 is 23.2 Å². The number of rotatable bonds is 7. The van der Waals surface area contributed by atoms with Gasteiger partial charge in [-0.1, -0.05) is 29.8 Å². The SMILES string of the molecule is CC(C)(N[C@@H]1C[C@H](c2cccc(OC(F)(F)F)c2)N(c2ccc(Cl)cc2)C1=O)c1ccc(C2CC2)nc1. The molecule has 2 aromatic carbocycles. The fourth-order valence-electron chi connectivity index (χ4n) is 4.90. The predicted molar refractivity (Wildman–Crippen MR) is 136 cm³/mol. The number of nitrogens with zero attached hydrogens (tertiary/aromatic N) is 2. The summed E-state index contributed by atoms with van der Waals surface area (Å²) in [6.07, 6.45) is -0.263. The van der Waals surface area contributed by atoms with Crippen LogP contribution in [0.3, 0.4) is 0 Å². The third kappa shape index (κ3) is 5.75. The Morgan fingerprint density at radius 1 is 1.05 bits per heavy atom. The van der Waals surface area contributed by atoms with Crippen LogP contribution in [0.5, 0.6) is 5.75 Å². The van der Waals surface area contributed by atoms with Crippen molar-refractivity contribution in [2.75, 3.05) is 4.90 Å². The lowest BCUT2D eigenvalue weighted by Gasteiger charge is -2.30. The molecule has 194 valence electrons. The topological polar surface area (TPSA) is 54.5 Å². The van der Waals surface area contributed by atoms with Gasteiger partial charge in [-0.2, -0.15) is 0 Å². The summed E-state index contributed by atoms with van der Waals surface area (Å²) >= 11 is 6.06. The number of nitrogens with one attached hydrogen (secondary N) is 1. The van der Waals surface area contributed by atoms with E-state index in [1.165, 1.54) is 31.0 Å². The number of alkyl halides is 3. The molecule has 0 unspecified atom stereocenters. The van der Waals surface area contributed by atoms with Gasteiger partial charge in [0.25, 0.3) is 0 Å². The van der Waals surface area contributed by atoms with Crippen LogP contribution in [0.1, 0.15) is 61.9 Å². The summed E-state index contributed by atoms with van der Waals surface area (Å²) in [6.45, 7) is 3.98. The lowest BCUT2D eigenvalue weighted by Crippen LogP contribution is -2.47. The van der Waals surface area contributed by atoms with E-state index < -0.39 is 24.0 Å². The van der Waals surface area contributed by atoms with E-state index in [2.05, 4.69) is 15.0 Å². The molecule has 5 rings (SSSR count). The van der Waals surface area contributed by atoms with Crippen LogP contribution in [0.2, 0.25) is 5.02 Å². The van der Waals surface area contributed by atoms with Crippen LogP contribution in [-0.4, -0.2) is 23.3 Å². The molecule has 2 heterocycles. The number of pyridine rings is 1. The highest BCUT2D eigenvalue weighted by molar-refractivity contribution is 6.30. The first-order valence-corrected chi connectivity index (χ1v) is 12.6. The zero-order valence-corrected chi connectivity index (χ0v) is 21.2. The maximum Gasteiger partial charge on any atom is 0.573 e. The molecule has 37 heavy (non-hydrogen) atoms. The first-order chi connectivity index (χ1) is 17.5. The average Bonchev–Trinajstić information content (AvgIpc) is 3.64. The minimum absolute atomic E-state index is 0.176. The maximum absolute atomic E-state index is 13.8. The molecule has 1 N–H and O–H groups in total. The van der Waals surface area contributed by atoms with Crippen molar-refractivity contribution in [1.82, 2.24) is 10.3 Å². The summed E-state index contributed by atoms with van der Waals surface area (Å²) in [5.41, 5.74) is 2.62. The Labute approximate surface area is 218 Å². The molecule has 1 aliphatic heterocycles. The molecule has 1 saturated carbocycles. The van der Waals surface area contributed by atoms with Gasteiger partial charge >= 0.3 is 6.36 Å². The van der Waals surface area contributed by atoms with Gasteiger partial charge in [0.2, 0.25) is 5.91 Å². The molecule has 2 atom stereocenters. The molecule has 3 aromatic rings. The van der Waals surface area contributed by atoms with Crippen LogP contribution in [-0.2, 0) is 10.3 Å². The van der Waals surface area contributed by atoms with E-state index in [1.54, 1.807) is 35.2 Å². The van der Waals surface area contributed by atoms with Crippen molar-refractivity contribution in [3.8, 4) is 5.75 Å². The number of carbonyl (C=O) groups excluding carboxylic acids is 1. The number of hydrogen-bond acceptors (Lipinski definition) is 4. The van der Waals surface area contributed by atoms with E-state index in [0.29, 0.717) is 28.6 Å². The molecule has 1 aromatic heterocycles. The third-order valence-corrected chi connectivity index (χ3v) is 7.18. The molecule has 1 saturated heterocycles. The molecule has 0 radical (unpaired) electrons. The van der Waals surface area contributed by atoms with Gasteiger partial charge in [0.1, 0.15) is 5.75 Å². The third-order valence-electron chi connectivity index (χ3n) is 6.93. The van der Waals surface area contributed by atoms with Crippen LogP contribution in [0.4, 0.5) is 18.9 Å². The standard InChI is InChI=1S/C28H27ClF3N3O2/c1-27(2,19-8-13-23(33-16-19)17-6-7-17)34-24-15-25(18-4-3-5-22(14-18)37-28(30,31)32)35(26(24)36)21-11-9-20(29)10-12-21/h3-5,8-14,16-17,24-25,34H,6-7,15H2,1-2H3/t24-,25-/m1/s1. The van der Waals surface area contributed by atoms with Crippen molar-refractivity contribution < 1.29 is 22.7 Å². The molecule has 9 heteroatoms. The monoisotopic (exact) mass is 529 g/mol. The first kappa shape index (κ1) is 25.5. The van der Waals surface area contributed by atoms with Gasteiger partial charge in [-0.05, 0) is 86.7 Å². The number of hydrogen-bond donors (Lipinski definition) is 1. The number of ether oxygens (including phenoxy) is 1. The fourth-order valence-corrected chi connectivity index (χ4v) is 5.03. The van der Waals surface area contributed by atoms with Gasteiger partial charge in [0.05, 0.1) is 12.1 Å². The zero-order chi connectivity index (χ0) is 26.4. The van der Waals surface area contributed by atoms with Crippen molar-refractivity contribution in [1.29, 1.82) is 0 Å². The Kier molecular flexibility index (Phi) is 6.66.